The molecule has 1 aromatic rings. The Labute approximate surface area is 128 Å². The number of aliphatic hydroxyl groups is 1. The normalized spacial score (nSPS) is 21.6. The van der Waals surface area contributed by atoms with Crippen molar-refractivity contribution in [3.63, 3.8) is 0 Å². The molecule has 0 bridgehead atoms. The maximum absolute atomic E-state index is 12.3. The Kier molecular flexibility index (Phi) is 4.52. The second kappa shape index (κ2) is 6.05. The van der Waals surface area contributed by atoms with E-state index < -0.39 is 16.9 Å². The molecule has 22 heavy (non-hydrogen) atoms. The van der Waals surface area contributed by atoms with E-state index in [-0.39, 0.29) is 24.4 Å². The number of rotatable bonds is 4. The van der Waals surface area contributed by atoms with E-state index in [1.54, 1.807) is 4.90 Å². The van der Waals surface area contributed by atoms with E-state index >= 15 is 0 Å². The molecule has 1 aromatic heterocycles. The van der Waals surface area contributed by atoms with Crippen LogP contribution in [0.15, 0.2) is 15.8 Å². The molecule has 1 saturated heterocycles. The lowest BCUT2D eigenvalue weighted by Crippen LogP contribution is -2.44. The summed E-state index contributed by atoms with van der Waals surface area (Å²) in [7, 11) is 5.10. The molecular weight excluding hydrogens is 288 g/mol. The van der Waals surface area contributed by atoms with Gasteiger partial charge in [-0.15, -0.1) is 0 Å². The van der Waals surface area contributed by atoms with Crippen molar-refractivity contribution in [2.75, 3.05) is 33.7 Å². The van der Waals surface area contributed by atoms with Crippen LogP contribution >= 0.6 is 0 Å². The van der Waals surface area contributed by atoms with Crippen LogP contribution < -0.4 is 11.2 Å². The zero-order chi connectivity index (χ0) is 16.5. The third-order valence-electron chi connectivity index (χ3n) is 3.89. The van der Waals surface area contributed by atoms with Gasteiger partial charge < -0.3 is 19.9 Å². The van der Waals surface area contributed by atoms with E-state index in [9.17, 15) is 19.5 Å². The van der Waals surface area contributed by atoms with E-state index in [4.69, 9.17) is 0 Å². The van der Waals surface area contributed by atoms with Crippen molar-refractivity contribution < 1.29 is 9.90 Å². The molecule has 0 aliphatic carbocycles. The molecule has 1 amide bonds. The SMILES string of the molecule is CN(C)C[C@@]1(O)CCN(C(=O)Cc2c[nH]c(=O)n(C)c2=O)C1. The number of amides is 1. The van der Waals surface area contributed by atoms with Gasteiger partial charge in [0.05, 0.1) is 18.6 Å². The van der Waals surface area contributed by atoms with Gasteiger partial charge in [-0.1, -0.05) is 0 Å². The largest absolute Gasteiger partial charge is 0.387 e. The van der Waals surface area contributed by atoms with Crippen molar-refractivity contribution in [2.24, 2.45) is 7.05 Å². The lowest BCUT2D eigenvalue weighted by Gasteiger charge is -2.26. The van der Waals surface area contributed by atoms with Crippen LogP contribution in [0.5, 0.6) is 0 Å². The fraction of sp³-hybridized carbons (Fsp3) is 0.643. The number of likely N-dealkylation sites (N-methyl/N-ethyl adjacent to an activating group) is 1. The van der Waals surface area contributed by atoms with Crippen molar-refractivity contribution in [3.05, 3.63) is 32.6 Å². The molecule has 1 aliphatic heterocycles. The highest BCUT2D eigenvalue weighted by molar-refractivity contribution is 5.79. The Hall–Kier alpha value is -1.93. The fourth-order valence-corrected chi connectivity index (χ4v) is 2.80. The number of likely N-dealkylation sites (tertiary alicyclic amines) is 1. The third-order valence-corrected chi connectivity index (χ3v) is 3.89. The second-order valence-electron chi connectivity index (χ2n) is 6.19. The van der Waals surface area contributed by atoms with Gasteiger partial charge in [0.15, 0.2) is 0 Å². The maximum atomic E-state index is 12.3. The molecule has 2 rings (SSSR count). The van der Waals surface area contributed by atoms with Crippen molar-refractivity contribution >= 4 is 5.91 Å². The predicted molar refractivity (Wildman–Crippen MR) is 80.7 cm³/mol. The first-order valence-electron chi connectivity index (χ1n) is 7.14. The number of nitrogens with zero attached hydrogens (tertiary/aromatic N) is 3. The topological polar surface area (TPSA) is 98.6 Å². The summed E-state index contributed by atoms with van der Waals surface area (Å²) < 4.78 is 0.939. The molecule has 0 spiro atoms. The summed E-state index contributed by atoms with van der Waals surface area (Å²) in [5, 5.41) is 10.4. The number of H-pyrrole nitrogens is 1. The Morgan fingerprint density at radius 2 is 2.14 bits per heavy atom. The van der Waals surface area contributed by atoms with Crippen LogP contribution in [0.1, 0.15) is 12.0 Å². The Balaban J connectivity index is 2.07. The first kappa shape index (κ1) is 16.4. The number of nitrogens with one attached hydrogen (secondary N) is 1. The van der Waals surface area contributed by atoms with Crippen LogP contribution in [0.3, 0.4) is 0 Å². The van der Waals surface area contributed by atoms with Crippen LogP contribution in [0.2, 0.25) is 0 Å². The lowest BCUT2D eigenvalue weighted by molar-refractivity contribution is -0.130. The Morgan fingerprint density at radius 3 is 2.77 bits per heavy atom. The second-order valence-corrected chi connectivity index (χ2v) is 6.19. The molecule has 0 aromatic carbocycles. The van der Waals surface area contributed by atoms with E-state index in [0.29, 0.717) is 19.5 Å². The van der Waals surface area contributed by atoms with Gasteiger partial charge in [-0.3, -0.25) is 14.2 Å². The van der Waals surface area contributed by atoms with Crippen LogP contribution in [0.25, 0.3) is 0 Å². The quantitative estimate of drug-likeness (QED) is 0.680. The van der Waals surface area contributed by atoms with Gasteiger partial charge in [-0.25, -0.2) is 4.79 Å². The molecule has 8 nitrogen and oxygen atoms in total. The average molecular weight is 310 g/mol. The lowest BCUT2D eigenvalue weighted by atomic mass is 10.0. The Morgan fingerprint density at radius 1 is 1.45 bits per heavy atom. The summed E-state index contributed by atoms with van der Waals surface area (Å²) >= 11 is 0. The van der Waals surface area contributed by atoms with Gasteiger partial charge in [0.1, 0.15) is 0 Å². The van der Waals surface area contributed by atoms with Crippen LogP contribution in [0, 0.1) is 0 Å². The number of aromatic amines is 1. The molecule has 2 N–H and O–H groups in total. The van der Waals surface area contributed by atoms with Crippen molar-refractivity contribution in [1.82, 2.24) is 19.4 Å². The molecule has 1 aliphatic rings. The van der Waals surface area contributed by atoms with Crippen molar-refractivity contribution in [3.8, 4) is 0 Å². The van der Waals surface area contributed by atoms with Gasteiger partial charge in [0, 0.05) is 31.9 Å². The number of carbonyl (C=O) groups excluding carboxylic acids is 1. The van der Waals surface area contributed by atoms with Crippen LogP contribution in [-0.2, 0) is 18.3 Å². The monoisotopic (exact) mass is 310 g/mol. The number of carbonyl (C=O) groups is 1. The number of aromatic nitrogens is 2. The smallest absolute Gasteiger partial charge is 0.328 e. The molecule has 1 atom stereocenters. The van der Waals surface area contributed by atoms with E-state index in [2.05, 4.69) is 4.98 Å². The van der Waals surface area contributed by atoms with Crippen molar-refractivity contribution in [2.45, 2.75) is 18.4 Å². The number of β-amino-alcohol motifs (C(OH)–C–C–N with tert-alkyl or cyclic N) is 1. The minimum absolute atomic E-state index is 0.0818. The summed E-state index contributed by atoms with van der Waals surface area (Å²) in [4.78, 5) is 41.4. The molecule has 0 unspecified atom stereocenters. The summed E-state index contributed by atoms with van der Waals surface area (Å²) in [6.45, 7) is 1.21. The fourth-order valence-electron chi connectivity index (χ4n) is 2.80. The Bertz CT molecular complexity index is 678. The first-order chi connectivity index (χ1) is 10.2. The average Bonchev–Trinajstić information content (AvgIpc) is 2.80. The van der Waals surface area contributed by atoms with Gasteiger partial charge in [0.25, 0.3) is 5.56 Å². The van der Waals surface area contributed by atoms with Gasteiger partial charge in [-0.05, 0) is 20.5 Å². The van der Waals surface area contributed by atoms with Crippen molar-refractivity contribution in [1.29, 1.82) is 0 Å². The van der Waals surface area contributed by atoms with E-state index in [1.807, 2.05) is 19.0 Å². The molecular formula is C14H22N4O4. The summed E-state index contributed by atoms with van der Waals surface area (Å²) in [6.07, 6.45) is 1.71. The summed E-state index contributed by atoms with van der Waals surface area (Å²) in [5.74, 6) is -0.223. The molecule has 8 heteroatoms. The third kappa shape index (κ3) is 3.45. The number of hydrogen-bond acceptors (Lipinski definition) is 5. The molecule has 1 fully saturated rings. The molecule has 2 heterocycles. The number of hydrogen-bond donors (Lipinski definition) is 2. The standard InChI is InChI=1S/C14H22N4O4/c1-16(2)8-14(22)4-5-18(9-14)11(19)6-10-7-15-13(21)17(3)12(10)20/h7,22H,4-6,8-9H2,1-3H3,(H,15,21)/t14-/m0/s1. The zero-order valence-corrected chi connectivity index (χ0v) is 13.1. The van der Waals surface area contributed by atoms with E-state index in [0.717, 1.165) is 4.57 Å². The summed E-state index contributed by atoms with van der Waals surface area (Å²) in [5.41, 5.74) is -1.65. The molecule has 122 valence electrons. The predicted octanol–water partition coefficient (Wildman–Crippen LogP) is -1.86. The van der Waals surface area contributed by atoms with Crippen LogP contribution in [-0.4, -0.2) is 69.7 Å². The van der Waals surface area contributed by atoms with Gasteiger partial charge >= 0.3 is 5.69 Å². The first-order valence-corrected chi connectivity index (χ1v) is 7.14. The van der Waals surface area contributed by atoms with Gasteiger partial charge in [-0.2, -0.15) is 0 Å². The highest BCUT2D eigenvalue weighted by atomic mass is 16.3. The minimum atomic E-state index is -0.908. The van der Waals surface area contributed by atoms with Gasteiger partial charge in [0.2, 0.25) is 5.91 Å². The van der Waals surface area contributed by atoms with Crippen LogP contribution in [0.4, 0.5) is 0 Å². The zero-order valence-electron chi connectivity index (χ0n) is 13.1. The highest BCUT2D eigenvalue weighted by Crippen LogP contribution is 2.22. The highest BCUT2D eigenvalue weighted by Gasteiger charge is 2.38. The molecule has 0 saturated carbocycles. The van der Waals surface area contributed by atoms with E-state index in [1.165, 1.54) is 13.2 Å². The summed E-state index contributed by atoms with van der Waals surface area (Å²) in [6, 6.07) is 0. The maximum Gasteiger partial charge on any atom is 0.328 e. The minimum Gasteiger partial charge on any atom is -0.387 e. The molecule has 0 radical (unpaired) electrons.